The molecule has 1 nitrogen and oxygen atoms in total. The van der Waals surface area contributed by atoms with E-state index >= 15 is 0 Å². The first-order valence-corrected chi connectivity index (χ1v) is 4.78. The van der Waals surface area contributed by atoms with Crippen molar-refractivity contribution in [3.8, 4) is 0 Å². The molecule has 2 heteroatoms. The van der Waals surface area contributed by atoms with E-state index in [1.807, 2.05) is 33.0 Å². The van der Waals surface area contributed by atoms with Crippen LogP contribution in [-0.2, 0) is 0 Å². The minimum Gasteiger partial charge on any atom is -0.264 e. The van der Waals surface area contributed by atoms with Crippen molar-refractivity contribution >= 4 is 17.7 Å². The van der Waals surface area contributed by atoms with Gasteiger partial charge in [-0.15, -0.1) is 11.6 Å². The number of nitrogens with zero attached hydrogens (tertiary/aromatic N) is 1. The molecular formula is C11H14ClN. The van der Waals surface area contributed by atoms with E-state index in [9.17, 15) is 0 Å². The summed E-state index contributed by atoms with van der Waals surface area (Å²) in [6.45, 7) is 6.06. The number of allylic oxidation sites excluding steroid dienone is 1. The van der Waals surface area contributed by atoms with Gasteiger partial charge in [-0.05, 0) is 38.0 Å². The SMILES string of the molecule is C/C(=C\c1ccncc1C)C(C)Cl. The van der Waals surface area contributed by atoms with E-state index < -0.39 is 0 Å². The van der Waals surface area contributed by atoms with Gasteiger partial charge >= 0.3 is 0 Å². The van der Waals surface area contributed by atoms with Gasteiger partial charge in [0.15, 0.2) is 0 Å². The third-order valence-corrected chi connectivity index (χ3v) is 2.42. The minimum atomic E-state index is 0.0903. The second kappa shape index (κ2) is 4.43. The van der Waals surface area contributed by atoms with Crippen molar-refractivity contribution in [3.63, 3.8) is 0 Å². The Kier molecular flexibility index (Phi) is 3.49. The number of rotatable bonds is 2. The van der Waals surface area contributed by atoms with Crippen molar-refractivity contribution in [1.29, 1.82) is 0 Å². The monoisotopic (exact) mass is 195 g/mol. The van der Waals surface area contributed by atoms with Crippen molar-refractivity contribution in [1.82, 2.24) is 4.98 Å². The van der Waals surface area contributed by atoms with Crippen LogP contribution in [0.15, 0.2) is 24.0 Å². The summed E-state index contributed by atoms with van der Waals surface area (Å²) in [6.07, 6.45) is 5.76. The highest BCUT2D eigenvalue weighted by Crippen LogP contribution is 2.15. The lowest BCUT2D eigenvalue weighted by Crippen LogP contribution is -1.92. The van der Waals surface area contributed by atoms with Crippen molar-refractivity contribution < 1.29 is 0 Å². The lowest BCUT2D eigenvalue weighted by molar-refractivity contribution is 1.12. The van der Waals surface area contributed by atoms with Gasteiger partial charge in [-0.2, -0.15) is 0 Å². The molecule has 0 N–H and O–H groups in total. The van der Waals surface area contributed by atoms with Gasteiger partial charge in [-0.25, -0.2) is 0 Å². The Labute approximate surface area is 84.5 Å². The van der Waals surface area contributed by atoms with Crippen molar-refractivity contribution in [2.45, 2.75) is 26.1 Å². The van der Waals surface area contributed by atoms with E-state index in [1.54, 1.807) is 6.20 Å². The molecule has 0 saturated carbocycles. The molecule has 0 bridgehead atoms. The second-order valence-corrected chi connectivity index (χ2v) is 3.89. The number of hydrogen-bond acceptors (Lipinski definition) is 1. The Balaban J connectivity index is 2.97. The lowest BCUT2D eigenvalue weighted by Gasteiger charge is -2.04. The highest BCUT2D eigenvalue weighted by atomic mass is 35.5. The number of hydrogen-bond donors (Lipinski definition) is 0. The topological polar surface area (TPSA) is 12.9 Å². The quantitative estimate of drug-likeness (QED) is 0.659. The molecule has 0 aliphatic rings. The number of pyridine rings is 1. The maximum atomic E-state index is 5.95. The van der Waals surface area contributed by atoms with Crippen LogP contribution in [0.5, 0.6) is 0 Å². The number of halogens is 1. The molecule has 1 aromatic rings. The average Bonchev–Trinajstić information content (AvgIpc) is 2.08. The van der Waals surface area contributed by atoms with Gasteiger partial charge in [0.25, 0.3) is 0 Å². The summed E-state index contributed by atoms with van der Waals surface area (Å²) in [6, 6.07) is 2.00. The van der Waals surface area contributed by atoms with Crippen LogP contribution in [0.4, 0.5) is 0 Å². The molecule has 1 rings (SSSR count). The molecule has 0 fully saturated rings. The molecule has 0 spiro atoms. The van der Waals surface area contributed by atoms with Crippen LogP contribution in [0.1, 0.15) is 25.0 Å². The summed E-state index contributed by atoms with van der Waals surface area (Å²) in [7, 11) is 0. The molecule has 0 aliphatic heterocycles. The summed E-state index contributed by atoms with van der Waals surface area (Å²) < 4.78 is 0. The molecule has 0 radical (unpaired) electrons. The predicted octanol–water partition coefficient (Wildman–Crippen LogP) is 3.42. The first-order chi connectivity index (χ1) is 6.11. The van der Waals surface area contributed by atoms with Crippen molar-refractivity contribution in [2.75, 3.05) is 0 Å². The van der Waals surface area contributed by atoms with Crippen LogP contribution in [0, 0.1) is 6.92 Å². The van der Waals surface area contributed by atoms with Crippen LogP contribution in [0.2, 0.25) is 0 Å². The molecule has 0 amide bonds. The van der Waals surface area contributed by atoms with Gasteiger partial charge in [0.1, 0.15) is 0 Å². The van der Waals surface area contributed by atoms with E-state index in [0.29, 0.717) is 0 Å². The summed E-state index contributed by atoms with van der Waals surface area (Å²) in [4.78, 5) is 4.03. The Morgan fingerprint density at radius 3 is 2.85 bits per heavy atom. The van der Waals surface area contributed by atoms with Gasteiger partial charge < -0.3 is 0 Å². The van der Waals surface area contributed by atoms with Crippen LogP contribution >= 0.6 is 11.6 Å². The fraction of sp³-hybridized carbons (Fsp3) is 0.364. The molecular weight excluding hydrogens is 182 g/mol. The third kappa shape index (κ3) is 2.85. The largest absolute Gasteiger partial charge is 0.264 e. The predicted molar refractivity (Wildman–Crippen MR) is 57.9 cm³/mol. The molecule has 0 aromatic carbocycles. The molecule has 1 atom stereocenters. The summed E-state index contributed by atoms with van der Waals surface area (Å²) in [5, 5.41) is 0.0903. The Hall–Kier alpha value is -0.820. The van der Waals surface area contributed by atoms with Crippen LogP contribution < -0.4 is 0 Å². The second-order valence-electron chi connectivity index (χ2n) is 3.24. The van der Waals surface area contributed by atoms with E-state index in [-0.39, 0.29) is 5.38 Å². The molecule has 1 unspecified atom stereocenters. The standard InChI is InChI=1S/C11H14ClN/c1-8(10(3)12)6-11-4-5-13-7-9(11)2/h4-7,10H,1-3H3/b8-6+. The molecule has 13 heavy (non-hydrogen) atoms. The summed E-state index contributed by atoms with van der Waals surface area (Å²) >= 11 is 5.95. The van der Waals surface area contributed by atoms with E-state index in [4.69, 9.17) is 11.6 Å². The zero-order valence-electron chi connectivity index (χ0n) is 8.21. The molecule has 1 aromatic heterocycles. The fourth-order valence-electron chi connectivity index (χ4n) is 1.01. The van der Waals surface area contributed by atoms with E-state index in [2.05, 4.69) is 11.1 Å². The third-order valence-electron chi connectivity index (χ3n) is 2.07. The van der Waals surface area contributed by atoms with Gasteiger partial charge in [-0.3, -0.25) is 4.98 Å². The minimum absolute atomic E-state index is 0.0903. The Bertz CT molecular complexity index is 316. The Morgan fingerprint density at radius 2 is 2.31 bits per heavy atom. The normalized spacial score (nSPS) is 14.3. The Morgan fingerprint density at radius 1 is 1.62 bits per heavy atom. The molecule has 1 heterocycles. The summed E-state index contributed by atoms with van der Waals surface area (Å²) in [5.74, 6) is 0. The van der Waals surface area contributed by atoms with Crippen LogP contribution in [0.25, 0.3) is 6.08 Å². The van der Waals surface area contributed by atoms with Gasteiger partial charge in [0, 0.05) is 12.4 Å². The summed E-state index contributed by atoms with van der Waals surface area (Å²) in [5.41, 5.74) is 3.55. The number of aromatic nitrogens is 1. The van der Waals surface area contributed by atoms with Crippen LogP contribution in [-0.4, -0.2) is 10.4 Å². The highest BCUT2D eigenvalue weighted by Gasteiger charge is 1.99. The lowest BCUT2D eigenvalue weighted by atomic mass is 10.1. The smallest absolute Gasteiger partial charge is 0.0517 e. The van der Waals surface area contributed by atoms with Gasteiger partial charge in [0.05, 0.1) is 5.38 Å². The number of alkyl halides is 1. The zero-order valence-corrected chi connectivity index (χ0v) is 8.97. The number of aryl methyl sites for hydroxylation is 1. The van der Waals surface area contributed by atoms with E-state index in [1.165, 1.54) is 16.7 Å². The molecule has 0 aliphatic carbocycles. The zero-order chi connectivity index (χ0) is 9.84. The van der Waals surface area contributed by atoms with Crippen molar-refractivity contribution in [2.24, 2.45) is 0 Å². The van der Waals surface area contributed by atoms with E-state index in [0.717, 1.165) is 0 Å². The maximum Gasteiger partial charge on any atom is 0.0517 e. The molecule has 70 valence electrons. The molecule has 0 saturated heterocycles. The highest BCUT2D eigenvalue weighted by molar-refractivity contribution is 6.22. The van der Waals surface area contributed by atoms with Crippen molar-refractivity contribution in [3.05, 3.63) is 35.2 Å². The fourth-order valence-corrected chi connectivity index (χ4v) is 1.07. The van der Waals surface area contributed by atoms with Gasteiger partial charge in [-0.1, -0.05) is 11.6 Å². The van der Waals surface area contributed by atoms with Gasteiger partial charge in [0.2, 0.25) is 0 Å². The first-order valence-electron chi connectivity index (χ1n) is 4.34. The average molecular weight is 196 g/mol. The first kappa shape index (κ1) is 10.3. The maximum absolute atomic E-state index is 5.95. The van der Waals surface area contributed by atoms with Crippen LogP contribution in [0.3, 0.4) is 0 Å².